The van der Waals surface area contributed by atoms with Gasteiger partial charge in [0.25, 0.3) is 5.91 Å². The highest BCUT2D eigenvalue weighted by molar-refractivity contribution is 5.96. The van der Waals surface area contributed by atoms with Gasteiger partial charge in [-0.25, -0.2) is 4.79 Å². The van der Waals surface area contributed by atoms with Crippen LogP contribution in [0.2, 0.25) is 0 Å². The number of nitrogens with one attached hydrogen (secondary N) is 1. The molecule has 2 aromatic carbocycles. The molecule has 4 nitrogen and oxygen atoms in total. The Morgan fingerprint density at radius 2 is 1.88 bits per heavy atom. The van der Waals surface area contributed by atoms with E-state index in [0.29, 0.717) is 12.1 Å². The number of rotatable bonds is 5. The first kappa shape index (κ1) is 17.0. The van der Waals surface area contributed by atoms with Crippen LogP contribution in [0, 0.1) is 13.8 Å². The van der Waals surface area contributed by atoms with Crippen molar-refractivity contribution in [3.05, 3.63) is 81.2 Å². The number of carbonyl (C=O) groups is 1. The van der Waals surface area contributed by atoms with Crippen LogP contribution in [-0.4, -0.2) is 12.5 Å². The SMILES string of the molecule is Cc1ccc(CCCNC(=O)c2cc3ccccc3oc2=O)c(C)c1. The van der Waals surface area contributed by atoms with Crippen LogP contribution in [0.15, 0.2) is 57.7 Å². The van der Waals surface area contributed by atoms with Crippen molar-refractivity contribution >= 4 is 16.9 Å². The van der Waals surface area contributed by atoms with Gasteiger partial charge >= 0.3 is 5.63 Å². The van der Waals surface area contributed by atoms with E-state index in [0.717, 1.165) is 18.2 Å². The standard InChI is InChI=1S/C21H21NO3/c1-14-9-10-16(15(2)12-14)7-5-11-22-20(23)18-13-17-6-3-4-8-19(17)25-21(18)24/h3-4,6,8-10,12-13H,5,7,11H2,1-2H3,(H,22,23). The number of aryl methyl sites for hydroxylation is 3. The summed E-state index contributed by atoms with van der Waals surface area (Å²) in [7, 11) is 0. The highest BCUT2D eigenvalue weighted by atomic mass is 16.4. The monoisotopic (exact) mass is 335 g/mol. The van der Waals surface area contributed by atoms with Gasteiger partial charge < -0.3 is 9.73 Å². The molecule has 1 heterocycles. The second-order valence-electron chi connectivity index (χ2n) is 6.27. The minimum absolute atomic E-state index is 0.0465. The summed E-state index contributed by atoms with van der Waals surface area (Å²) in [5.41, 5.74) is 3.72. The topological polar surface area (TPSA) is 59.3 Å². The van der Waals surface area contributed by atoms with Gasteiger partial charge in [-0.3, -0.25) is 4.79 Å². The fourth-order valence-electron chi connectivity index (χ4n) is 2.92. The van der Waals surface area contributed by atoms with E-state index in [1.807, 2.05) is 12.1 Å². The van der Waals surface area contributed by atoms with Crippen LogP contribution in [0.25, 0.3) is 11.0 Å². The molecule has 0 saturated carbocycles. The van der Waals surface area contributed by atoms with E-state index in [-0.39, 0.29) is 11.5 Å². The van der Waals surface area contributed by atoms with Gasteiger partial charge in [-0.05, 0) is 49.9 Å². The summed E-state index contributed by atoms with van der Waals surface area (Å²) in [6.07, 6.45) is 1.70. The third-order valence-electron chi connectivity index (χ3n) is 4.29. The molecule has 3 rings (SSSR count). The maximum atomic E-state index is 12.3. The quantitative estimate of drug-likeness (QED) is 0.570. The van der Waals surface area contributed by atoms with Crippen molar-refractivity contribution in [2.45, 2.75) is 26.7 Å². The van der Waals surface area contributed by atoms with Crippen LogP contribution in [0.4, 0.5) is 0 Å². The Labute approximate surface area is 146 Å². The molecule has 0 aliphatic carbocycles. The molecule has 128 valence electrons. The molecule has 0 unspecified atom stereocenters. The summed E-state index contributed by atoms with van der Waals surface area (Å²) in [5, 5.41) is 3.55. The Morgan fingerprint density at radius 3 is 2.68 bits per heavy atom. The van der Waals surface area contributed by atoms with Crippen molar-refractivity contribution in [1.29, 1.82) is 0 Å². The predicted molar refractivity (Wildman–Crippen MR) is 99.1 cm³/mol. The number of fused-ring (bicyclic) bond motifs is 1. The number of hydrogen-bond donors (Lipinski definition) is 1. The van der Waals surface area contributed by atoms with Gasteiger partial charge in [-0.2, -0.15) is 0 Å². The summed E-state index contributed by atoms with van der Waals surface area (Å²) in [6, 6.07) is 15.1. The molecule has 0 aliphatic rings. The van der Waals surface area contributed by atoms with Crippen LogP contribution in [0.1, 0.15) is 33.5 Å². The minimum Gasteiger partial charge on any atom is -0.422 e. The summed E-state index contributed by atoms with van der Waals surface area (Å²) >= 11 is 0. The van der Waals surface area contributed by atoms with Crippen LogP contribution in [-0.2, 0) is 6.42 Å². The number of amides is 1. The molecule has 1 amide bonds. The molecular weight excluding hydrogens is 314 g/mol. The van der Waals surface area contributed by atoms with Gasteiger partial charge in [-0.1, -0.05) is 42.0 Å². The molecule has 1 aromatic heterocycles. The van der Waals surface area contributed by atoms with Gasteiger partial charge in [0.15, 0.2) is 0 Å². The van der Waals surface area contributed by atoms with E-state index in [4.69, 9.17) is 4.42 Å². The normalized spacial score (nSPS) is 10.8. The molecule has 0 spiro atoms. The van der Waals surface area contributed by atoms with Crippen molar-refractivity contribution in [2.24, 2.45) is 0 Å². The minimum atomic E-state index is -0.606. The average molecular weight is 335 g/mol. The lowest BCUT2D eigenvalue weighted by Gasteiger charge is -2.08. The first-order valence-corrected chi connectivity index (χ1v) is 8.42. The van der Waals surface area contributed by atoms with Crippen molar-refractivity contribution in [3.8, 4) is 0 Å². The predicted octanol–water partition coefficient (Wildman–Crippen LogP) is 3.77. The van der Waals surface area contributed by atoms with Crippen LogP contribution < -0.4 is 10.9 Å². The first-order valence-electron chi connectivity index (χ1n) is 8.42. The molecule has 0 saturated heterocycles. The molecule has 0 bridgehead atoms. The number of benzene rings is 2. The van der Waals surface area contributed by atoms with Crippen molar-refractivity contribution in [3.63, 3.8) is 0 Å². The number of carbonyl (C=O) groups excluding carboxylic acids is 1. The van der Waals surface area contributed by atoms with E-state index in [2.05, 4.69) is 37.4 Å². The molecule has 0 radical (unpaired) electrons. The Balaban J connectivity index is 1.61. The highest BCUT2D eigenvalue weighted by Gasteiger charge is 2.13. The summed E-state index contributed by atoms with van der Waals surface area (Å²) in [5.74, 6) is -0.389. The molecule has 3 aromatic rings. The zero-order valence-electron chi connectivity index (χ0n) is 14.5. The van der Waals surface area contributed by atoms with E-state index in [1.54, 1.807) is 18.2 Å². The molecule has 4 heteroatoms. The summed E-state index contributed by atoms with van der Waals surface area (Å²) in [6.45, 7) is 4.69. The lowest BCUT2D eigenvalue weighted by molar-refractivity contribution is 0.0949. The van der Waals surface area contributed by atoms with Gasteiger partial charge in [0.05, 0.1) is 0 Å². The van der Waals surface area contributed by atoms with E-state index >= 15 is 0 Å². The average Bonchev–Trinajstić information content (AvgIpc) is 2.59. The summed E-state index contributed by atoms with van der Waals surface area (Å²) in [4.78, 5) is 24.2. The molecule has 0 aliphatic heterocycles. The molecule has 1 N–H and O–H groups in total. The fourth-order valence-corrected chi connectivity index (χ4v) is 2.92. The lowest BCUT2D eigenvalue weighted by atomic mass is 10.0. The van der Waals surface area contributed by atoms with Gasteiger partial charge in [0.1, 0.15) is 11.1 Å². The summed E-state index contributed by atoms with van der Waals surface area (Å²) < 4.78 is 5.20. The molecule has 25 heavy (non-hydrogen) atoms. The van der Waals surface area contributed by atoms with Gasteiger partial charge in [0, 0.05) is 11.9 Å². The second kappa shape index (κ2) is 7.34. The first-order chi connectivity index (χ1) is 12.0. The van der Waals surface area contributed by atoms with Crippen molar-refractivity contribution in [2.75, 3.05) is 6.54 Å². The highest BCUT2D eigenvalue weighted by Crippen LogP contribution is 2.13. The Bertz CT molecular complexity index is 972. The third kappa shape index (κ3) is 3.97. The van der Waals surface area contributed by atoms with E-state index < -0.39 is 5.63 Å². The molecule has 0 fully saturated rings. The fraction of sp³-hybridized carbons (Fsp3) is 0.238. The second-order valence-corrected chi connectivity index (χ2v) is 6.27. The van der Waals surface area contributed by atoms with Crippen molar-refractivity contribution < 1.29 is 9.21 Å². The van der Waals surface area contributed by atoms with Crippen LogP contribution in [0.5, 0.6) is 0 Å². The maximum absolute atomic E-state index is 12.3. The third-order valence-corrected chi connectivity index (χ3v) is 4.29. The molecule has 0 atom stereocenters. The lowest BCUT2D eigenvalue weighted by Crippen LogP contribution is -2.29. The van der Waals surface area contributed by atoms with Crippen molar-refractivity contribution in [1.82, 2.24) is 5.32 Å². The zero-order valence-corrected chi connectivity index (χ0v) is 14.5. The largest absolute Gasteiger partial charge is 0.422 e. The maximum Gasteiger partial charge on any atom is 0.349 e. The van der Waals surface area contributed by atoms with Crippen LogP contribution >= 0.6 is 0 Å². The Morgan fingerprint density at radius 1 is 1.08 bits per heavy atom. The van der Waals surface area contributed by atoms with Crippen LogP contribution in [0.3, 0.4) is 0 Å². The van der Waals surface area contributed by atoms with E-state index in [1.165, 1.54) is 16.7 Å². The van der Waals surface area contributed by atoms with Gasteiger partial charge in [-0.15, -0.1) is 0 Å². The zero-order chi connectivity index (χ0) is 17.8. The smallest absolute Gasteiger partial charge is 0.349 e. The number of para-hydroxylation sites is 1. The number of hydrogen-bond acceptors (Lipinski definition) is 3. The Kier molecular flexibility index (Phi) is 4.98. The Hall–Kier alpha value is -2.88. The molecular formula is C21H21NO3. The van der Waals surface area contributed by atoms with Gasteiger partial charge in [0.2, 0.25) is 0 Å². The van der Waals surface area contributed by atoms with E-state index in [9.17, 15) is 9.59 Å².